The minimum absolute atomic E-state index is 0.235. The summed E-state index contributed by atoms with van der Waals surface area (Å²) in [7, 11) is 0. The number of ketones is 1. The molecule has 0 aliphatic heterocycles. The zero-order chi connectivity index (χ0) is 34.9. The van der Waals surface area contributed by atoms with Crippen LogP contribution in [-0.2, 0) is 0 Å². The van der Waals surface area contributed by atoms with Gasteiger partial charge in [-0.3, -0.25) is 9.59 Å². The van der Waals surface area contributed by atoms with Crippen LogP contribution in [0.4, 0.5) is 5.69 Å². The largest absolute Gasteiger partial charge is 0.321 e. The number of rotatable bonds is 7. The van der Waals surface area contributed by atoms with Gasteiger partial charge in [0.15, 0.2) is 5.78 Å². The van der Waals surface area contributed by atoms with Gasteiger partial charge in [0.2, 0.25) is 0 Å². The lowest BCUT2D eigenvalue weighted by molar-refractivity contribution is 0.0985. The van der Waals surface area contributed by atoms with Gasteiger partial charge >= 0.3 is 0 Å². The molecule has 5 heteroatoms. The number of hydrogen-bond donors (Lipinski definition) is 1. The normalized spacial score (nSPS) is 11.0. The van der Waals surface area contributed by atoms with Crippen molar-refractivity contribution in [3.63, 3.8) is 0 Å². The van der Waals surface area contributed by atoms with Crippen LogP contribution in [-0.4, -0.2) is 16.3 Å². The fourth-order valence-electron chi connectivity index (χ4n) is 7.03. The molecule has 0 aliphatic carbocycles. The van der Waals surface area contributed by atoms with Crippen molar-refractivity contribution in [2.24, 2.45) is 0 Å². The first-order valence-electron chi connectivity index (χ1n) is 16.7. The van der Waals surface area contributed by atoms with Crippen molar-refractivity contribution in [1.82, 2.24) is 4.57 Å². The molecule has 0 fully saturated rings. The Hall–Kier alpha value is -7.03. The van der Waals surface area contributed by atoms with E-state index in [0.717, 1.165) is 55.2 Å². The Balaban J connectivity index is 1.33. The number of carbonyl (C=O) groups excluding carboxylic acids is 2. The number of aromatic nitrogens is 1. The minimum atomic E-state index is -0.392. The van der Waals surface area contributed by atoms with Crippen molar-refractivity contribution in [1.29, 1.82) is 5.26 Å². The predicted molar refractivity (Wildman–Crippen MR) is 206 cm³/mol. The summed E-state index contributed by atoms with van der Waals surface area (Å²) in [5.74, 6) is -0.627. The highest BCUT2D eigenvalue weighted by molar-refractivity contribution is 6.17. The van der Waals surface area contributed by atoms with Crippen molar-refractivity contribution in [3.8, 4) is 45.1 Å². The summed E-state index contributed by atoms with van der Waals surface area (Å²) in [6.07, 6.45) is 0. The zero-order valence-corrected chi connectivity index (χ0v) is 27.8. The molecule has 0 saturated carbocycles. The highest BCUT2D eigenvalue weighted by Gasteiger charge is 2.25. The fraction of sp³-hybridized carbons (Fsp3) is 0.0217. The number of fused-ring (bicyclic) bond motifs is 3. The number of nitrogens with zero attached hydrogens (tertiary/aromatic N) is 2. The Morgan fingerprint density at radius 2 is 1.14 bits per heavy atom. The maximum atomic E-state index is 14.7. The summed E-state index contributed by atoms with van der Waals surface area (Å²) in [6.45, 7) is 1.50. The zero-order valence-electron chi connectivity index (χ0n) is 27.8. The first-order chi connectivity index (χ1) is 25.0. The Morgan fingerprint density at radius 1 is 0.569 bits per heavy atom. The van der Waals surface area contributed by atoms with Crippen molar-refractivity contribution < 1.29 is 9.59 Å². The monoisotopic (exact) mass is 657 g/mol. The Morgan fingerprint density at radius 3 is 1.75 bits per heavy atom. The van der Waals surface area contributed by atoms with Crippen LogP contribution in [0, 0.1) is 11.3 Å². The number of Topliss-reactive ketones (excluding diaryl/α,β-unsaturated/α-hetero) is 1. The molecule has 8 rings (SSSR count). The van der Waals surface area contributed by atoms with Crippen LogP contribution in [0.15, 0.2) is 164 Å². The van der Waals surface area contributed by atoms with E-state index in [2.05, 4.69) is 35.7 Å². The highest BCUT2D eigenvalue weighted by Crippen LogP contribution is 2.42. The van der Waals surface area contributed by atoms with Crippen LogP contribution in [0.25, 0.3) is 60.9 Å². The highest BCUT2D eigenvalue weighted by atomic mass is 16.2. The van der Waals surface area contributed by atoms with Gasteiger partial charge in [0.1, 0.15) is 0 Å². The Labute approximate surface area is 295 Å². The van der Waals surface area contributed by atoms with Crippen molar-refractivity contribution in [3.05, 3.63) is 180 Å². The predicted octanol–water partition coefficient (Wildman–Crippen LogP) is 11.1. The molecule has 7 aromatic carbocycles. The molecule has 0 saturated heterocycles. The van der Waals surface area contributed by atoms with Gasteiger partial charge in [0, 0.05) is 21.9 Å². The molecule has 51 heavy (non-hydrogen) atoms. The third kappa shape index (κ3) is 5.65. The topological polar surface area (TPSA) is 74.9 Å². The summed E-state index contributed by atoms with van der Waals surface area (Å²) >= 11 is 0. The lowest BCUT2D eigenvalue weighted by Gasteiger charge is -2.21. The van der Waals surface area contributed by atoms with Gasteiger partial charge in [-0.1, -0.05) is 115 Å². The van der Waals surface area contributed by atoms with Crippen LogP contribution in [0.5, 0.6) is 0 Å². The second-order valence-electron chi connectivity index (χ2n) is 12.5. The number of nitriles is 1. The van der Waals surface area contributed by atoms with Crippen LogP contribution >= 0.6 is 0 Å². The number of benzene rings is 7. The average Bonchev–Trinajstić information content (AvgIpc) is 3.52. The molecule has 0 spiro atoms. The maximum absolute atomic E-state index is 14.7. The second kappa shape index (κ2) is 13.1. The molecule has 1 heterocycles. The van der Waals surface area contributed by atoms with E-state index in [4.69, 9.17) is 0 Å². The summed E-state index contributed by atoms with van der Waals surface area (Å²) in [5.41, 5.74) is 9.78. The number of carbonyl (C=O) groups is 2. The molecular formula is C46H31N3O2. The van der Waals surface area contributed by atoms with Crippen LogP contribution in [0.2, 0.25) is 0 Å². The lowest BCUT2D eigenvalue weighted by atomic mass is 9.90. The van der Waals surface area contributed by atoms with E-state index >= 15 is 0 Å². The quantitative estimate of drug-likeness (QED) is 0.173. The van der Waals surface area contributed by atoms with Gasteiger partial charge in [0.25, 0.3) is 5.91 Å². The molecule has 0 bridgehead atoms. The van der Waals surface area contributed by atoms with Crippen LogP contribution < -0.4 is 5.32 Å². The molecule has 1 amide bonds. The molecule has 8 aromatic rings. The third-order valence-corrected chi connectivity index (χ3v) is 9.34. The number of amides is 1. The summed E-state index contributed by atoms with van der Waals surface area (Å²) in [6, 6.07) is 55.6. The van der Waals surface area contributed by atoms with Crippen molar-refractivity contribution >= 4 is 39.2 Å². The number of nitrogens with one attached hydrogen (secondary N) is 1. The standard InChI is InChI=1S/C46H31N3O2/c1-30(50)44-37(21-13-23-43(44)49-41-22-12-11-20-36(41)40-26-31(29-47)24-25-42(40)49)46(51)48-45-38(33-16-7-3-8-17-33)27-35(32-14-5-2-6-15-32)28-39(45)34-18-9-4-10-19-34/h2-28H,1H3,(H,48,51). The Kier molecular flexibility index (Phi) is 8.04. The van der Waals surface area contributed by atoms with Gasteiger partial charge < -0.3 is 9.88 Å². The third-order valence-electron chi connectivity index (χ3n) is 9.34. The Bertz CT molecular complexity index is 2590. The van der Waals surface area contributed by atoms with Crippen molar-refractivity contribution in [2.45, 2.75) is 6.92 Å². The van der Waals surface area contributed by atoms with E-state index in [1.54, 1.807) is 12.1 Å². The molecule has 0 aliphatic rings. The number of para-hydroxylation sites is 1. The summed E-state index contributed by atoms with van der Waals surface area (Å²) < 4.78 is 2.01. The fourth-order valence-corrected chi connectivity index (χ4v) is 7.03. The first-order valence-corrected chi connectivity index (χ1v) is 16.7. The van der Waals surface area contributed by atoms with E-state index in [0.29, 0.717) is 22.5 Å². The van der Waals surface area contributed by atoms with Crippen LogP contribution in [0.3, 0.4) is 0 Å². The smallest absolute Gasteiger partial charge is 0.256 e. The van der Waals surface area contributed by atoms with E-state index < -0.39 is 5.91 Å². The molecule has 0 radical (unpaired) electrons. The second-order valence-corrected chi connectivity index (χ2v) is 12.5. The summed E-state index contributed by atoms with van der Waals surface area (Å²) in [5, 5.41) is 14.8. The molecule has 1 aromatic heterocycles. The summed E-state index contributed by atoms with van der Waals surface area (Å²) in [4.78, 5) is 28.3. The molecular weight excluding hydrogens is 627 g/mol. The minimum Gasteiger partial charge on any atom is -0.321 e. The van der Waals surface area contributed by atoms with Crippen molar-refractivity contribution in [2.75, 3.05) is 5.32 Å². The molecule has 0 unspecified atom stereocenters. The van der Waals surface area contributed by atoms with Crippen LogP contribution in [0.1, 0.15) is 33.2 Å². The SMILES string of the molecule is CC(=O)c1c(C(=O)Nc2c(-c3ccccc3)cc(-c3ccccc3)cc2-c2ccccc2)cccc1-n1c2ccccc2c2cc(C#N)ccc21. The van der Waals surface area contributed by atoms with Gasteiger partial charge in [-0.15, -0.1) is 0 Å². The average molecular weight is 658 g/mol. The molecule has 0 atom stereocenters. The first kappa shape index (κ1) is 31.3. The number of anilines is 1. The number of hydrogen-bond acceptors (Lipinski definition) is 3. The molecule has 1 N–H and O–H groups in total. The van der Waals surface area contributed by atoms with Gasteiger partial charge in [-0.2, -0.15) is 5.26 Å². The van der Waals surface area contributed by atoms with E-state index in [-0.39, 0.29) is 11.3 Å². The van der Waals surface area contributed by atoms with E-state index in [1.807, 2.05) is 132 Å². The van der Waals surface area contributed by atoms with Gasteiger partial charge in [0.05, 0.1) is 45.2 Å². The van der Waals surface area contributed by atoms with E-state index in [1.165, 1.54) is 6.92 Å². The molecule has 5 nitrogen and oxygen atoms in total. The molecule has 242 valence electrons. The van der Waals surface area contributed by atoms with Gasteiger partial charge in [-0.05, 0) is 77.7 Å². The lowest BCUT2D eigenvalue weighted by Crippen LogP contribution is -2.19. The van der Waals surface area contributed by atoms with E-state index in [9.17, 15) is 14.9 Å². The van der Waals surface area contributed by atoms with Gasteiger partial charge in [-0.25, -0.2) is 0 Å². The maximum Gasteiger partial charge on any atom is 0.256 e.